The van der Waals surface area contributed by atoms with Crippen molar-refractivity contribution in [3.63, 3.8) is 0 Å². The number of ether oxygens (including phenoxy) is 1. The maximum atomic E-state index is 13.7. The fourth-order valence-electron chi connectivity index (χ4n) is 2.10. The molecule has 4 nitrogen and oxygen atoms in total. The Morgan fingerprint density at radius 1 is 1.12 bits per heavy atom. The van der Waals surface area contributed by atoms with Gasteiger partial charge in [-0.05, 0) is 18.2 Å². The highest BCUT2D eigenvalue weighted by Gasteiger charge is 2.14. The molecule has 0 aliphatic rings. The number of ketones is 1. The lowest BCUT2D eigenvalue weighted by Crippen LogP contribution is -2.08. The monoisotopic (exact) mass is 346 g/mol. The number of Topliss-reactive ketones (excluding diaryl/α,β-unsaturated/α-hetero) is 1. The van der Waals surface area contributed by atoms with Crippen molar-refractivity contribution in [2.24, 2.45) is 0 Å². The van der Waals surface area contributed by atoms with Gasteiger partial charge in [0, 0.05) is 35.8 Å². The van der Waals surface area contributed by atoms with Gasteiger partial charge in [0.2, 0.25) is 5.88 Å². The van der Waals surface area contributed by atoms with Crippen molar-refractivity contribution >= 4 is 17.1 Å². The maximum absolute atomic E-state index is 13.7. The van der Waals surface area contributed by atoms with Crippen molar-refractivity contribution in [3.8, 4) is 11.6 Å². The van der Waals surface area contributed by atoms with Crippen LogP contribution in [-0.2, 0) is 17.6 Å². The molecule has 1 aromatic carbocycles. The lowest BCUT2D eigenvalue weighted by Gasteiger charge is -2.10. The quantitative estimate of drug-likeness (QED) is 0.678. The number of hydrogen-bond donors (Lipinski definition) is 0. The SMILES string of the molecule is O=C(Cc1nccs1)Cc1cccnc1Oc1ccc(F)cc1F. The van der Waals surface area contributed by atoms with E-state index in [1.165, 1.54) is 23.6 Å². The lowest BCUT2D eigenvalue weighted by atomic mass is 10.1. The molecular formula is C17H12F2N2O2S. The summed E-state index contributed by atoms with van der Waals surface area (Å²) in [6.45, 7) is 0. The third kappa shape index (κ3) is 3.99. The first-order chi connectivity index (χ1) is 11.6. The van der Waals surface area contributed by atoms with E-state index in [0.717, 1.165) is 17.1 Å². The van der Waals surface area contributed by atoms with Crippen LogP contribution in [0.15, 0.2) is 48.1 Å². The molecule has 0 N–H and O–H groups in total. The molecule has 7 heteroatoms. The predicted octanol–water partition coefficient (Wildman–Crippen LogP) is 3.96. The van der Waals surface area contributed by atoms with E-state index >= 15 is 0 Å². The summed E-state index contributed by atoms with van der Waals surface area (Å²) in [4.78, 5) is 20.3. The van der Waals surface area contributed by atoms with Gasteiger partial charge < -0.3 is 4.74 Å². The number of aromatic nitrogens is 2. The Balaban J connectivity index is 1.76. The molecule has 0 bridgehead atoms. The molecule has 0 aliphatic heterocycles. The minimum Gasteiger partial charge on any atom is -0.436 e. The molecule has 3 aromatic rings. The van der Waals surface area contributed by atoms with Crippen LogP contribution in [-0.4, -0.2) is 15.8 Å². The minimum atomic E-state index is -0.833. The molecule has 0 unspecified atom stereocenters. The second-order valence-corrected chi connectivity index (χ2v) is 5.94. The molecule has 0 fully saturated rings. The van der Waals surface area contributed by atoms with Crippen molar-refractivity contribution in [1.29, 1.82) is 0 Å². The van der Waals surface area contributed by atoms with E-state index in [0.29, 0.717) is 5.56 Å². The van der Waals surface area contributed by atoms with Crippen LogP contribution in [0, 0.1) is 11.6 Å². The molecule has 0 aliphatic carbocycles. The number of thiazole rings is 1. The smallest absolute Gasteiger partial charge is 0.222 e. The summed E-state index contributed by atoms with van der Waals surface area (Å²) in [5, 5.41) is 2.54. The summed E-state index contributed by atoms with van der Waals surface area (Å²) >= 11 is 1.41. The number of hydrogen-bond acceptors (Lipinski definition) is 5. The molecule has 0 radical (unpaired) electrons. The van der Waals surface area contributed by atoms with Gasteiger partial charge in [-0.2, -0.15) is 0 Å². The molecule has 2 heterocycles. The van der Waals surface area contributed by atoms with Gasteiger partial charge in [-0.3, -0.25) is 4.79 Å². The highest BCUT2D eigenvalue weighted by Crippen LogP contribution is 2.26. The Hall–Kier alpha value is -2.67. The molecular weight excluding hydrogens is 334 g/mol. The van der Waals surface area contributed by atoms with E-state index in [1.54, 1.807) is 23.7 Å². The zero-order valence-electron chi connectivity index (χ0n) is 12.4. The number of pyridine rings is 1. The Morgan fingerprint density at radius 2 is 2.00 bits per heavy atom. The van der Waals surface area contributed by atoms with Crippen LogP contribution in [0.25, 0.3) is 0 Å². The van der Waals surface area contributed by atoms with Gasteiger partial charge in [0.25, 0.3) is 0 Å². The number of benzene rings is 1. The third-order valence-electron chi connectivity index (χ3n) is 3.17. The fourth-order valence-corrected chi connectivity index (χ4v) is 2.74. The summed E-state index contributed by atoms with van der Waals surface area (Å²) in [5.74, 6) is -1.61. The largest absolute Gasteiger partial charge is 0.436 e. The number of rotatable bonds is 6. The molecule has 24 heavy (non-hydrogen) atoms. The van der Waals surface area contributed by atoms with Crippen LogP contribution in [0.3, 0.4) is 0 Å². The standard InChI is InChI=1S/C17H12F2N2O2S/c18-12-3-4-15(14(19)9-12)23-17-11(2-1-5-21-17)8-13(22)10-16-20-6-7-24-16/h1-7,9H,8,10H2. The summed E-state index contributed by atoms with van der Waals surface area (Å²) in [6.07, 6.45) is 3.43. The summed E-state index contributed by atoms with van der Waals surface area (Å²) in [5.41, 5.74) is 0.530. The fraction of sp³-hybridized carbons (Fsp3) is 0.118. The van der Waals surface area contributed by atoms with Crippen LogP contribution in [0.2, 0.25) is 0 Å². The van der Waals surface area contributed by atoms with E-state index in [9.17, 15) is 13.6 Å². The third-order valence-corrected chi connectivity index (χ3v) is 3.95. The van der Waals surface area contributed by atoms with Gasteiger partial charge >= 0.3 is 0 Å². The molecule has 2 aromatic heterocycles. The van der Waals surface area contributed by atoms with Crippen LogP contribution in [0.1, 0.15) is 10.6 Å². The highest BCUT2D eigenvalue weighted by atomic mass is 32.1. The van der Waals surface area contributed by atoms with E-state index in [4.69, 9.17) is 4.74 Å². The predicted molar refractivity (Wildman–Crippen MR) is 85.2 cm³/mol. The maximum Gasteiger partial charge on any atom is 0.222 e. The second-order valence-electron chi connectivity index (χ2n) is 4.96. The summed E-state index contributed by atoms with van der Waals surface area (Å²) < 4.78 is 32.1. The average molecular weight is 346 g/mol. The number of nitrogens with zero attached hydrogens (tertiary/aromatic N) is 2. The molecule has 0 saturated carbocycles. The van der Waals surface area contributed by atoms with Crippen molar-refractivity contribution in [2.75, 3.05) is 0 Å². The average Bonchev–Trinajstić information content (AvgIpc) is 3.04. The van der Waals surface area contributed by atoms with Gasteiger partial charge in [0.1, 0.15) is 11.6 Å². The van der Waals surface area contributed by atoms with Gasteiger partial charge in [-0.1, -0.05) is 6.07 Å². The lowest BCUT2D eigenvalue weighted by molar-refractivity contribution is -0.117. The number of halogens is 2. The van der Waals surface area contributed by atoms with E-state index in [-0.39, 0.29) is 30.3 Å². The highest BCUT2D eigenvalue weighted by molar-refractivity contribution is 7.09. The number of carbonyl (C=O) groups excluding carboxylic acids is 1. The first-order valence-electron chi connectivity index (χ1n) is 7.08. The van der Waals surface area contributed by atoms with Crippen molar-refractivity contribution in [2.45, 2.75) is 12.8 Å². The van der Waals surface area contributed by atoms with Crippen LogP contribution in [0.4, 0.5) is 8.78 Å². The van der Waals surface area contributed by atoms with E-state index < -0.39 is 11.6 Å². The molecule has 3 rings (SSSR count). The normalized spacial score (nSPS) is 10.6. The minimum absolute atomic E-state index is 0.0534. The first-order valence-corrected chi connectivity index (χ1v) is 7.96. The number of carbonyl (C=O) groups is 1. The van der Waals surface area contributed by atoms with Gasteiger partial charge in [-0.15, -0.1) is 11.3 Å². The van der Waals surface area contributed by atoms with Gasteiger partial charge in [0.15, 0.2) is 11.6 Å². The molecule has 0 saturated heterocycles. The van der Waals surface area contributed by atoms with E-state index in [2.05, 4.69) is 9.97 Å². The molecule has 0 amide bonds. The summed E-state index contributed by atoms with van der Waals surface area (Å²) in [7, 11) is 0. The van der Waals surface area contributed by atoms with Gasteiger partial charge in [0.05, 0.1) is 11.4 Å². The van der Waals surface area contributed by atoms with E-state index in [1.807, 2.05) is 0 Å². The Morgan fingerprint density at radius 3 is 2.75 bits per heavy atom. The van der Waals surface area contributed by atoms with Crippen molar-refractivity contribution in [3.05, 3.63) is 70.3 Å². The zero-order chi connectivity index (χ0) is 16.9. The Labute approximate surface area is 140 Å². The van der Waals surface area contributed by atoms with Crippen LogP contribution < -0.4 is 4.74 Å². The topological polar surface area (TPSA) is 52.1 Å². The molecule has 0 atom stereocenters. The Kier molecular flexibility index (Phi) is 4.90. The van der Waals surface area contributed by atoms with Gasteiger partial charge in [-0.25, -0.2) is 18.7 Å². The van der Waals surface area contributed by atoms with Crippen molar-refractivity contribution in [1.82, 2.24) is 9.97 Å². The first kappa shape index (κ1) is 16.2. The Bertz CT molecular complexity index is 854. The van der Waals surface area contributed by atoms with Crippen molar-refractivity contribution < 1.29 is 18.3 Å². The molecule has 122 valence electrons. The van der Waals surface area contributed by atoms with Crippen LogP contribution in [0.5, 0.6) is 11.6 Å². The second kappa shape index (κ2) is 7.27. The molecule has 0 spiro atoms. The van der Waals surface area contributed by atoms with Crippen LogP contribution >= 0.6 is 11.3 Å². The summed E-state index contributed by atoms with van der Waals surface area (Å²) in [6, 6.07) is 6.35. The zero-order valence-corrected chi connectivity index (χ0v) is 13.2.